The highest BCUT2D eigenvalue weighted by molar-refractivity contribution is 6.04. The average Bonchev–Trinajstić information content (AvgIpc) is 3.72. The van der Waals surface area contributed by atoms with Crippen LogP contribution in [0, 0.1) is 0 Å². The van der Waals surface area contributed by atoms with Gasteiger partial charge in [0, 0.05) is 25.4 Å². The molecule has 12 nitrogen and oxygen atoms in total. The zero-order valence-corrected chi connectivity index (χ0v) is 28.4. The summed E-state index contributed by atoms with van der Waals surface area (Å²) >= 11 is 0. The third-order valence-corrected chi connectivity index (χ3v) is 8.52. The number of likely N-dealkylation sites (tertiary alicyclic amines) is 1. The number of hydrogen-bond donors (Lipinski definition) is 5. The third-order valence-electron chi connectivity index (χ3n) is 8.52. The minimum Gasteiger partial charge on any atom is -0.383 e. The molecule has 0 saturated carbocycles. The first-order chi connectivity index (χ1) is 21.2. The SMILES string of the molecule is CN(C(=O)CN)[C@@]1(C(=O)Nc2cnc3ccccc3c2)C[C@@H](NC(=O)[C@H](O)CCc2ccccc2)CN1C(=O)[C@@H]1CCCN1.Cl.Cl.Cl. The van der Waals surface area contributed by atoms with Crippen molar-refractivity contribution in [3.8, 4) is 0 Å². The first-order valence-electron chi connectivity index (χ1n) is 14.9. The molecule has 4 atom stereocenters. The molecule has 4 amide bonds. The molecule has 0 bridgehead atoms. The number of nitrogens with zero attached hydrogens (tertiary/aromatic N) is 3. The maximum Gasteiger partial charge on any atom is 0.271 e. The van der Waals surface area contributed by atoms with E-state index in [1.165, 1.54) is 23.0 Å². The minimum absolute atomic E-state index is 0. The summed E-state index contributed by atoms with van der Waals surface area (Å²) in [5.74, 6) is -2.15. The summed E-state index contributed by atoms with van der Waals surface area (Å²) in [6.07, 6.45) is 2.18. The number of rotatable bonds is 10. The van der Waals surface area contributed by atoms with Crippen LogP contribution in [0.4, 0.5) is 5.69 Å². The molecule has 6 N–H and O–H groups in total. The summed E-state index contributed by atoms with van der Waals surface area (Å²) in [4.78, 5) is 61.5. The van der Waals surface area contributed by atoms with Crippen molar-refractivity contribution in [1.82, 2.24) is 25.4 Å². The van der Waals surface area contributed by atoms with Gasteiger partial charge in [0.2, 0.25) is 23.4 Å². The molecule has 47 heavy (non-hydrogen) atoms. The predicted molar refractivity (Wildman–Crippen MR) is 187 cm³/mol. The fourth-order valence-corrected chi connectivity index (χ4v) is 6.12. The zero-order valence-electron chi connectivity index (χ0n) is 26.0. The molecule has 1 aromatic heterocycles. The maximum absolute atomic E-state index is 14.3. The Hall–Kier alpha value is -3.52. The van der Waals surface area contributed by atoms with Gasteiger partial charge < -0.3 is 36.6 Å². The highest BCUT2D eigenvalue weighted by Gasteiger charge is 2.58. The van der Waals surface area contributed by atoms with Gasteiger partial charge in [-0.3, -0.25) is 24.2 Å². The number of carbonyl (C=O) groups excluding carboxylic acids is 4. The molecule has 2 saturated heterocycles. The van der Waals surface area contributed by atoms with E-state index in [1.54, 1.807) is 6.07 Å². The predicted octanol–water partition coefficient (Wildman–Crippen LogP) is 2.01. The van der Waals surface area contributed by atoms with E-state index < -0.39 is 41.6 Å². The van der Waals surface area contributed by atoms with Gasteiger partial charge in [0.1, 0.15) is 6.10 Å². The largest absolute Gasteiger partial charge is 0.383 e. The number of hydrogen-bond acceptors (Lipinski definition) is 8. The van der Waals surface area contributed by atoms with Gasteiger partial charge in [-0.2, -0.15) is 0 Å². The number of likely N-dealkylation sites (N-methyl/N-ethyl adjacent to an activating group) is 1. The Morgan fingerprint density at radius 3 is 2.49 bits per heavy atom. The summed E-state index contributed by atoms with van der Waals surface area (Å²) < 4.78 is 0. The molecule has 15 heteroatoms. The van der Waals surface area contributed by atoms with E-state index in [4.69, 9.17) is 5.73 Å². The van der Waals surface area contributed by atoms with Crippen LogP contribution in [0.1, 0.15) is 31.2 Å². The molecule has 3 heterocycles. The zero-order chi connectivity index (χ0) is 31.3. The Morgan fingerprint density at radius 2 is 1.81 bits per heavy atom. The van der Waals surface area contributed by atoms with Crippen LogP contribution in [-0.2, 0) is 25.6 Å². The number of carbonyl (C=O) groups is 4. The van der Waals surface area contributed by atoms with E-state index in [2.05, 4.69) is 20.9 Å². The molecule has 2 aromatic carbocycles. The Bertz CT molecular complexity index is 1530. The number of benzene rings is 2. The number of para-hydroxylation sites is 1. The number of amides is 4. The first kappa shape index (κ1) is 39.7. The molecule has 3 aromatic rings. The topological polar surface area (TPSA) is 170 Å². The van der Waals surface area contributed by atoms with Crippen molar-refractivity contribution in [1.29, 1.82) is 0 Å². The lowest BCUT2D eigenvalue weighted by atomic mass is 9.99. The quantitative estimate of drug-likeness (QED) is 0.213. The highest BCUT2D eigenvalue weighted by atomic mass is 35.5. The second-order valence-corrected chi connectivity index (χ2v) is 11.4. The Morgan fingerprint density at radius 1 is 1.11 bits per heavy atom. The smallest absolute Gasteiger partial charge is 0.271 e. The Labute approximate surface area is 292 Å². The van der Waals surface area contributed by atoms with Gasteiger partial charge in [-0.1, -0.05) is 48.5 Å². The standard InChI is InChI=1S/C32H39N7O5.3ClH/c1-38(28(41)18-33)32(31(44)37-23-16-22-10-5-6-11-25(22)35-19-23)17-24(20-39(32)30(43)26-12-7-15-34-26)36-29(42)27(40)14-13-21-8-3-2-4-9-21;;;/h2-6,8-11,16,19,24,26-27,34,40H,7,12-15,17-18,20,33H2,1H3,(H,36,42)(H,37,44);3*1H/t24-,26+,27-,32+;;;/m1.../s1. The molecule has 0 unspecified atom stereocenters. The lowest BCUT2D eigenvalue weighted by molar-refractivity contribution is -0.161. The summed E-state index contributed by atoms with van der Waals surface area (Å²) in [6.45, 7) is 0.222. The number of anilines is 1. The van der Waals surface area contributed by atoms with E-state index in [1.807, 2.05) is 54.6 Å². The van der Waals surface area contributed by atoms with Crippen LogP contribution in [0.5, 0.6) is 0 Å². The van der Waals surface area contributed by atoms with E-state index in [9.17, 15) is 24.3 Å². The molecule has 5 rings (SSSR count). The van der Waals surface area contributed by atoms with Crippen molar-refractivity contribution in [3.63, 3.8) is 0 Å². The minimum atomic E-state index is -1.81. The van der Waals surface area contributed by atoms with Crippen molar-refractivity contribution in [2.75, 3.05) is 32.0 Å². The average molecular weight is 711 g/mol. The molecular weight excluding hydrogens is 669 g/mol. The molecule has 2 aliphatic rings. The summed E-state index contributed by atoms with van der Waals surface area (Å²) in [5.41, 5.74) is 6.05. The Kier molecular flexibility index (Phi) is 14.8. The monoisotopic (exact) mass is 709 g/mol. The van der Waals surface area contributed by atoms with Crippen LogP contribution in [0.3, 0.4) is 0 Å². The summed E-state index contributed by atoms with van der Waals surface area (Å²) in [6, 6.07) is 17.4. The van der Waals surface area contributed by atoms with Crippen LogP contribution in [0.25, 0.3) is 10.9 Å². The number of halogens is 3. The second-order valence-electron chi connectivity index (χ2n) is 11.4. The number of fused-ring (bicyclic) bond motifs is 1. The fraction of sp³-hybridized carbons (Fsp3) is 0.406. The second kappa shape index (κ2) is 17.6. The van der Waals surface area contributed by atoms with Crippen molar-refractivity contribution in [2.45, 2.75) is 56.0 Å². The van der Waals surface area contributed by atoms with Crippen LogP contribution in [0.2, 0.25) is 0 Å². The van der Waals surface area contributed by atoms with Gasteiger partial charge in [0.05, 0.1) is 36.0 Å². The number of aryl methyl sites for hydroxylation is 1. The number of aliphatic hydroxyl groups excluding tert-OH is 1. The molecule has 0 radical (unpaired) electrons. The van der Waals surface area contributed by atoms with E-state index >= 15 is 0 Å². The van der Waals surface area contributed by atoms with Crippen LogP contribution < -0.4 is 21.7 Å². The van der Waals surface area contributed by atoms with Crippen molar-refractivity contribution >= 4 is 77.4 Å². The fourth-order valence-electron chi connectivity index (χ4n) is 6.12. The van der Waals surface area contributed by atoms with E-state index in [-0.39, 0.29) is 69.1 Å². The molecule has 0 spiro atoms. The van der Waals surface area contributed by atoms with Gasteiger partial charge in [-0.15, -0.1) is 37.2 Å². The number of aromatic nitrogens is 1. The van der Waals surface area contributed by atoms with Crippen LogP contribution in [-0.4, -0.2) is 94.1 Å². The van der Waals surface area contributed by atoms with Gasteiger partial charge in [0.25, 0.3) is 5.91 Å². The van der Waals surface area contributed by atoms with Gasteiger partial charge in [0.15, 0.2) is 0 Å². The number of nitrogens with one attached hydrogen (secondary N) is 3. The van der Waals surface area contributed by atoms with Gasteiger partial charge >= 0.3 is 0 Å². The summed E-state index contributed by atoms with van der Waals surface area (Å²) in [5, 5.41) is 20.4. The van der Waals surface area contributed by atoms with Crippen molar-refractivity contribution < 1.29 is 24.3 Å². The molecular formula is C32H42Cl3N7O5. The number of nitrogens with two attached hydrogens (primary N) is 1. The molecule has 256 valence electrons. The van der Waals surface area contributed by atoms with Crippen LogP contribution >= 0.6 is 37.2 Å². The molecule has 2 aliphatic heterocycles. The van der Waals surface area contributed by atoms with Gasteiger partial charge in [-0.25, -0.2) is 0 Å². The normalized spacial score (nSPS) is 20.6. The van der Waals surface area contributed by atoms with Crippen LogP contribution in [0.15, 0.2) is 66.9 Å². The lowest BCUT2D eigenvalue weighted by Gasteiger charge is -2.44. The van der Waals surface area contributed by atoms with E-state index in [0.717, 1.165) is 22.9 Å². The third kappa shape index (κ3) is 8.69. The van der Waals surface area contributed by atoms with E-state index in [0.29, 0.717) is 25.1 Å². The first-order valence-corrected chi connectivity index (χ1v) is 14.9. The number of aliphatic hydroxyl groups is 1. The Balaban J connectivity index is 0.00000256. The van der Waals surface area contributed by atoms with Gasteiger partial charge in [-0.05, 0) is 49.9 Å². The maximum atomic E-state index is 14.3. The van der Waals surface area contributed by atoms with Crippen molar-refractivity contribution in [2.24, 2.45) is 5.73 Å². The molecule has 0 aliphatic carbocycles. The van der Waals surface area contributed by atoms with Crippen molar-refractivity contribution in [3.05, 3.63) is 72.4 Å². The molecule has 2 fully saturated rings. The number of pyridine rings is 1. The highest BCUT2D eigenvalue weighted by Crippen LogP contribution is 2.36. The summed E-state index contributed by atoms with van der Waals surface area (Å²) in [7, 11) is 1.44. The lowest BCUT2D eigenvalue weighted by Crippen LogP contribution is -2.68.